The van der Waals surface area contributed by atoms with Gasteiger partial charge in [-0.15, -0.1) is 0 Å². The fourth-order valence-electron chi connectivity index (χ4n) is 2.84. The Morgan fingerprint density at radius 2 is 1.96 bits per heavy atom. The number of benzene rings is 1. The molecule has 0 bridgehead atoms. The van der Waals surface area contributed by atoms with Crippen molar-refractivity contribution in [2.45, 2.75) is 0 Å². The minimum Gasteiger partial charge on any atom is -0.379 e. The van der Waals surface area contributed by atoms with Gasteiger partial charge in [-0.05, 0) is 12.1 Å². The SMILES string of the molecule is CN(C)c1nc(-c2ccc(C(=O)NCCN3CCOCC3)cc2)ncc1F. The molecule has 7 nitrogen and oxygen atoms in total. The molecule has 2 heterocycles. The van der Waals surface area contributed by atoms with Crippen molar-refractivity contribution in [1.29, 1.82) is 0 Å². The lowest BCUT2D eigenvalue weighted by atomic mass is 10.1. The van der Waals surface area contributed by atoms with E-state index < -0.39 is 5.82 Å². The molecule has 1 aromatic heterocycles. The zero-order chi connectivity index (χ0) is 19.2. The van der Waals surface area contributed by atoms with E-state index in [4.69, 9.17) is 4.74 Å². The van der Waals surface area contributed by atoms with Gasteiger partial charge in [0.25, 0.3) is 5.91 Å². The third-order valence-electron chi connectivity index (χ3n) is 4.37. The Morgan fingerprint density at radius 3 is 2.63 bits per heavy atom. The number of carbonyl (C=O) groups excluding carboxylic acids is 1. The van der Waals surface area contributed by atoms with Crippen LogP contribution in [0.3, 0.4) is 0 Å². The fraction of sp³-hybridized carbons (Fsp3) is 0.421. The molecule has 1 N–H and O–H groups in total. The number of halogens is 1. The molecule has 8 heteroatoms. The van der Waals surface area contributed by atoms with E-state index >= 15 is 0 Å². The van der Waals surface area contributed by atoms with Crippen molar-refractivity contribution < 1.29 is 13.9 Å². The number of hydrogen-bond donors (Lipinski definition) is 1. The van der Waals surface area contributed by atoms with Gasteiger partial charge >= 0.3 is 0 Å². The van der Waals surface area contributed by atoms with Crippen molar-refractivity contribution in [3.63, 3.8) is 0 Å². The summed E-state index contributed by atoms with van der Waals surface area (Å²) in [5.74, 6) is 0.0492. The maximum Gasteiger partial charge on any atom is 0.251 e. The van der Waals surface area contributed by atoms with E-state index in [2.05, 4.69) is 20.2 Å². The minimum atomic E-state index is -0.472. The second kappa shape index (κ2) is 8.88. The van der Waals surface area contributed by atoms with Crippen LogP contribution in [0.2, 0.25) is 0 Å². The molecule has 1 fully saturated rings. The number of amides is 1. The van der Waals surface area contributed by atoms with Crippen LogP contribution in [0.5, 0.6) is 0 Å². The summed E-state index contributed by atoms with van der Waals surface area (Å²) in [4.78, 5) is 24.4. The minimum absolute atomic E-state index is 0.121. The Balaban J connectivity index is 1.59. The van der Waals surface area contributed by atoms with E-state index in [0.29, 0.717) is 17.9 Å². The molecule has 0 aliphatic carbocycles. The molecule has 2 aromatic rings. The van der Waals surface area contributed by atoms with Crippen LogP contribution < -0.4 is 10.2 Å². The van der Waals surface area contributed by atoms with Crippen molar-refractivity contribution >= 4 is 11.7 Å². The predicted octanol–water partition coefficient (Wildman–Crippen LogP) is 1.41. The predicted molar refractivity (Wildman–Crippen MR) is 101 cm³/mol. The Bertz CT molecular complexity index is 776. The highest BCUT2D eigenvalue weighted by molar-refractivity contribution is 5.94. The Labute approximate surface area is 158 Å². The summed E-state index contributed by atoms with van der Waals surface area (Å²) in [5, 5.41) is 2.93. The molecule has 0 atom stereocenters. The van der Waals surface area contributed by atoms with E-state index in [-0.39, 0.29) is 11.7 Å². The van der Waals surface area contributed by atoms with Crippen LogP contribution in [-0.2, 0) is 4.74 Å². The van der Waals surface area contributed by atoms with Crippen LogP contribution in [0.25, 0.3) is 11.4 Å². The van der Waals surface area contributed by atoms with Gasteiger partial charge in [0.15, 0.2) is 17.5 Å². The van der Waals surface area contributed by atoms with Crippen LogP contribution in [-0.4, -0.2) is 74.3 Å². The number of nitrogens with zero attached hydrogens (tertiary/aromatic N) is 4. The first-order chi connectivity index (χ1) is 13.0. The van der Waals surface area contributed by atoms with Crippen molar-refractivity contribution in [2.24, 2.45) is 0 Å². The van der Waals surface area contributed by atoms with Crippen molar-refractivity contribution in [2.75, 3.05) is 58.4 Å². The molecular weight excluding hydrogens is 349 g/mol. The average molecular weight is 373 g/mol. The quantitative estimate of drug-likeness (QED) is 0.826. The molecule has 1 aromatic carbocycles. The fourth-order valence-corrected chi connectivity index (χ4v) is 2.84. The highest BCUT2D eigenvalue weighted by atomic mass is 19.1. The highest BCUT2D eigenvalue weighted by Crippen LogP contribution is 2.20. The summed E-state index contributed by atoms with van der Waals surface area (Å²) in [5.41, 5.74) is 1.29. The lowest BCUT2D eigenvalue weighted by Gasteiger charge is -2.26. The second-order valence-electron chi connectivity index (χ2n) is 6.55. The summed E-state index contributed by atoms with van der Waals surface area (Å²) in [6, 6.07) is 6.98. The molecule has 144 valence electrons. The summed E-state index contributed by atoms with van der Waals surface area (Å²) in [7, 11) is 3.44. The van der Waals surface area contributed by atoms with E-state index in [0.717, 1.165) is 44.6 Å². The molecule has 0 unspecified atom stereocenters. The number of carbonyl (C=O) groups is 1. The molecule has 0 radical (unpaired) electrons. The first kappa shape index (κ1) is 19.2. The summed E-state index contributed by atoms with van der Waals surface area (Å²) < 4.78 is 19.0. The molecule has 0 saturated carbocycles. The van der Waals surface area contributed by atoms with Gasteiger partial charge in [0.1, 0.15) is 0 Å². The number of hydrogen-bond acceptors (Lipinski definition) is 6. The maximum atomic E-state index is 13.7. The molecule has 1 aliphatic heterocycles. The van der Waals surface area contributed by atoms with E-state index in [1.54, 1.807) is 43.3 Å². The topological polar surface area (TPSA) is 70.6 Å². The zero-order valence-electron chi connectivity index (χ0n) is 15.6. The number of morpholine rings is 1. The standard InChI is InChI=1S/C19H24FN5O2/c1-24(2)18-16(20)13-22-17(23-18)14-3-5-15(6-4-14)19(26)21-7-8-25-9-11-27-12-10-25/h3-6,13H,7-12H2,1-2H3,(H,21,26). The number of aromatic nitrogens is 2. The molecular formula is C19H24FN5O2. The average Bonchev–Trinajstić information content (AvgIpc) is 2.69. The number of anilines is 1. The summed E-state index contributed by atoms with van der Waals surface area (Å²) in [6.07, 6.45) is 1.16. The van der Waals surface area contributed by atoms with Crippen LogP contribution in [0.1, 0.15) is 10.4 Å². The monoisotopic (exact) mass is 373 g/mol. The third-order valence-corrected chi connectivity index (χ3v) is 4.37. The van der Waals surface area contributed by atoms with Crippen LogP contribution in [0.4, 0.5) is 10.2 Å². The molecule has 0 spiro atoms. The smallest absolute Gasteiger partial charge is 0.251 e. The normalized spacial score (nSPS) is 14.8. The number of rotatable bonds is 6. The Hall–Kier alpha value is -2.58. The van der Waals surface area contributed by atoms with Gasteiger partial charge < -0.3 is 15.0 Å². The van der Waals surface area contributed by atoms with E-state index in [9.17, 15) is 9.18 Å². The van der Waals surface area contributed by atoms with Gasteiger partial charge in [0.05, 0.1) is 19.4 Å². The molecule has 1 amide bonds. The van der Waals surface area contributed by atoms with Crippen molar-refractivity contribution in [3.8, 4) is 11.4 Å². The van der Waals surface area contributed by atoms with Crippen molar-refractivity contribution in [3.05, 3.63) is 41.8 Å². The second-order valence-corrected chi connectivity index (χ2v) is 6.55. The van der Waals surface area contributed by atoms with Gasteiger partial charge in [0.2, 0.25) is 0 Å². The lowest BCUT2D eigenvalue weighted by molar-refractivity contribution is 0.0383. The highest BCUT2D eigenvalue weighted by Gasteiger charge is 2.13. The van der Waals surface area contributed by atoms with E-state index in [1.807, 2.05) is 0 Å². The molecule has 3 rings (SSSR count). The summed E-state index contributed by atoms with van der Waals surface area (Å²) >= 11 is 0. The lowest BCUT2D eigenvalue weighted by Crippen LogP contribution is -2.41. The summed E-state index contributed by atoms with van der Waals surface area (Å²) in [6.45, 7) is 4.69. The van der Waals surface area contributed by atoms with Gasteiger partial charge in [-0.3, -0.25) is 9.69 Å². The first-order valence-electron chi connectivity index (χ1n) is 8.93. The third kappa shape index (κ3) is 4.99. The Morgan fingerprint density at radius 1 is 1.26 bits per heavy atom. The van der Waals surface area contributed by atoms with Crippen LogP contribution >= 0.6 is 0 Å². The molecule has 1 saturated heterocycles. The molecule has 1 aliphatic rings. The van der Waals surface area contributed by atoms with Gasteiger partial charge in [-0.1, -0.05) is 12.1 Å². The number of ether oxygens (including phenoxy) is 1. The van der Waals surface area contributed by atoms with Crippen LogP contribution in [0.15, 0.2) is 30.5 Å². The molecule has 27 heavy (non-hydrogen) atoms. The maximum absolute atomic E-state index is 13.7. The van der Waals surface area contributed by atoms with E-state index in [1.165, 1.54) is 0 Å². The largest absolute Gasteiger partial charge is 0.379 e. The number of nitrogens with one attached hydrogen (secondary N) is 1. The zero-order valence-corrected chi connectivity index (χ0v) is 15.6. The first-order valence-corrected chi connectivity index (χ1v) is 8.93. The Kier molecular flexibility index (Phi) is 6.31. The van der Waals surface area contributed by atoms with Crippen molar-refractivity contribution in [1.82, 2.24) is 20.2 Å². The van der Waals surface area contributed by atoms with Crippen LogP contribution in [0, 0.1) is 5.82 Å². The van der Waals surface area contributed by atoms with Gasteiger partial charge in [-0.25, -0.2) is 14.4 Å². The van der Waals surface area contributed by atoms with Gasteiger partial charge in [-0.2, -0.15) is 0 Å². The van der Waals surface area contributed by atoms with Gasteiger partial charge in [0, 0.05) is 51.4 Å².